The zero-order chi connectivity index (χ0) is 11.2. The number of aromatic nitrogens is 3. The molecule has 0 saturated carbocycles. The largest absolute Gasteiger partial charge is 0.361 e. The van der Waals surface area contributed by atoms with Gasteiger partial charge in [-0.15, -0.1) is 0 Å². The second-order valence-electron chi connectivity index (χ2n) is 3.12. The summed E-state index contributed by atoms with van der Waals surface area (Å²) in [5, 5.41) is 1.85. The molecule has 16 heavy (non-hydrogen) atoms. The van der Waals surface area contributed by atoms with E-state index < -0.39 is 0 Å². The van der Waals surface area contributed by atoms with Gasteiger partial charge in [-0.2, -0.15) is 0 Å². The number of para-hydroxylation sites is 1. The van der Waals surface area contributed by atoms with Crippen LogP contribution in [0.25, 0.3) is 10.9 Å². The third-order valence-electron chi connectivity index (χ3n) is 1.99. The van der Waals surface area contributed by atoms with Crippen molar-refractivity contribution in [2.75, 3.05) is 0 Å². The van der Waals surface area contributed by atoms with Crippen molar-refractivity contribution in [1.82, 2.24) is 15.0 Å². The summed E-state index contributed by atoms with van der Waals surface area (Å²) < 4.78 is 0. The predicted octanol–water partition coefficient (Wildman–Crippen LogP) is 3.30. The molecular weight excluding hydrogens is 222 g/mol. The van der Waals surface area contributed by atoms with Crippen LogP contribution < -0.4 is 0 Å². The van der Waals surface area contributed by atoms with E-state index in [9.17, 15) is 0 Å². The summed E-state index contributed by atoms with van der Waals surface area (Å²) in [6.45, 7) is 0. The Hall–Kier alpha value is -1.87. The van der Waals surface area contributed by atoms with Crippen molar-refractivity contribution in [2.24, 2.45) is 0 Å². The van der Waals surface area contributed by atoms with E-state index in [2.05, 4.69) is 33.2 Å². The number of nitrogens with one attached hydrogen (secondary N) is 1. The zero-order valence-electron chi connectivity index (χ0n) is 8.47. The van der Waals surface area contributed by atoms with E-state index in [1.54, 1.807) is 0 Å². The molecule has 3 aromatic rings. The molecule has 0 amide bonds. The summed E-state index contributed by atoms with van der Waals surface area (Å²) >= 11 is 5.41. The van der Waals surface area contributed by atoms with Gasteiger partial charge in [-0.3, -0.25) is 0 Å². The lowest BCUT2D eigenvalue weighted by Gasteiger charge is -1.83. The first-order chi connectivity index (χ1) is 7.86. The van der Waals surface area contributed by atoms with Crippen molar-refractivity contribution in [3.63, 3.8) is 0 Å². The molecule has 80 valence electrons. The lowest BCUT2D eigenvalue weighted by atomic mass is 10.3. The Balaban J connectivity index is 0.000000125. The Morgan fingerprint density at radius 3 is 2.38 bits per heavy atom. The fraction of sp³-hybridized carbons (Fsp3) is 0. The number of rotatable bonds is 0. The number of benzene rings is 1. The van der Waals surface area contributed by atoms with Gasteiger partial charge < -0.3 is 4.98 Å². The molecule has 0 bridgehead atoms. The number of nitrogens with zero attached hydrogens (tertiary/aromatic N) is 2. The first-order valence-corrected chi connectivity index (χ1v) is 5.17. The maximum Gasteiger partial charge on any atom is 0.115 e. The molecule has 0 saturated heterocycles. The molecule has 0 unspecified atom stereocenters. The van der Waals surface area contributed by atoms with Gasteiger partial charge >= 0.3 is 0 Å². The van der Waals surface area contributed by atoms with Crippen LogP contribution in [0.15, 0.2) is 55.2 Å². The lowest BCUT2D eigenvalue weighted by Crippen LogP contribution is -1.71. The van der Waals surface area contributed by atoms with Crippen LogP contribution in [-0.4, -0.2) is 15.0 Å². The van der Waals surface area contributed by atoms with E-state index in [4.69, 9.17) is 11.6 Å². The first-order valence-electron chi connectivity index (χ1n) is 4.79. The van der Waals surface area contributed by atoms with Crippen molar-refractivity contribution in [3.05, 3.63) is 60.3 Å². The second kappa shape index (κ2) is 5.28. The maximum atomic E-state index is 5.41. The van der Waals surface area contributed by atoms with E-state index in [0.29, 0.717) is 5.02 Å². The number of fused-ring (bicyclic) bond motifs is 1. The molecule has 0 aliphatic rings. The van der Waals surface area contributed by atoms with Crippen molar-refractivity contribution in [1.29, 1.82) is 0 Å². The predicted molar refractivity (Wildman–Crippen MR) is 65.3 cm³/mol. The van der Waals surface area contributed by atoms with E-state index in [-0.39, 0.29) is 0 Å². The molecule has 0 atom stereocenters. The van der Waals surface area contributed by atoms with E-state index in [0.717, 1.165) is 0 Å². The Morgan fingerprint density at radius 2 is 1.75 bits per heavy atom. The molecule has 2 aromatic heterocycles. The Labute approximate surface area is 98.1 Å². The quantitative estimate of drug-likeness (QED) is 0.645. The molecule has 0 spiro atoms. The summed E-state index contributed by atoms with van der Waals surface area (Å²) in [6, 6.07) is 10.3. The van der Waals surface area contributed by atoms with Crippen LogP contribution in [-0.2, 0) is 0 Å². The minimum atomic E-state index is 0.572. The average Bonchev–Trinajstić information content (AvgIpc) is 2.79. The molecule has 2 heterocycles. The van der Waals surface area contributed by atoms with Crippen LogP contribution in [0.3, 0.4) is 0 Å². The number of halogens is 1. The van der Waals surface area contributed by atoms with Crippen LogP contribution in [0.4, 0.5) is 0 Å². The number of aromatic amines is 1. The van der Waals surface area contributed by atoms with Crippen LogP contribution in [0.1, 0.15) is 0 Å². The molecule has 4 heteroatoms. The number of hydrogen-bond acceptors (Lipinski definition) is 2. The van der Waals surface area contributed by atoms with Crippen molar-refractivity contribution >= 4 is 22.5 Å². The number of H-pyrrole nitrogens is 1. The summed E-state index contributed by atoms with van der Waals surface area (Å²) in [4.78, 5) is 10.4. The molecule has 0 fully saturated rings. The monoisotopic (exact) mass is 231 g/mol. The van der Waals surface area contributed by atoms with Crippen LogP contribution in [0.5, 0.6) is 0 Å². The van der Waals surface area contributed by atoms with E-state index >= 15 is 0 Å². The van der Waals surface area contributed by atoms with Crippen LogP contribution in [0, 0.1) is 0 Å². The van der Waals surface area contributed by atoms with Gasteiger partial charge in [0, 0.05) is 24.1 Å². The minimum absolute atomic E-state index is 0.572. The SMILES string of the molecule is Clc1cncnc1.c1ccc2[nH]ccc2c1. The van der Waals surface area contributed by atoms with Crippen molar-refractivity contribution in [3.8, 4) is 0 Å². The van der Waals surface area contributed by atoms with Gasteiger partial charge in [0.15, 0.2) is 0 Å². The van der Waals surface area contributed by atoms with Gasteiger partial charge in [0.1, 0.15) is 6.33 Å². The maximum absolute atomic E-state index is 5.41. The standard InChI is InChI=1S/C8H7N.C4H3ClN2/c1-2-4-8-7(3-1)5-6-9-8;5-4-1-6-3-7-2-4/h1-6,9H;1-3H. The third-order valence-corrected chi connectivity index (χ3v) is 2.19. The molecule has 0 aliphatic heterocycles. The highest BCUT2D eigenvalue weighted by Gasteiger charge is 1.86. The fourth-order valence-electron chi connectivity index (χ4n) is 1.28. The van der Waals surface area contributed by atoms with E-state index in [1.807, 2.05) is 18.3 Å². The zero-order valence-corrected chi connectivity index (χ0v) is 9.22. The van der Waals surface area contributed by atoms with Gasteiger partial charge in [-0.1, -0.05) is 29.8 Å². The fourth-order valence-corrected chi connectivity index (χ4v) is 1.39. The lowest BCUT2D eigenvalue weighted by molar-refractivity contribution is 1.17. The Kier molecular flexibility index (Phi) is 3.51. The van der Waals surface area contributed by atoms with Gasteiger partial charge in [-0.25, -0.2) is 9.97 Å². The summed E-state index contributed by atoms with van der Waals surface area (Å²) in [5.74, 6) is 0. The van der Waals surface area contributed by atoms with Crippen LogP contribution in [0.2, 0.25) is 5.02 Å². The molecular formula is C12H10ClN3. The highest BCUT2D eigenvalue weighted by atomic mass is 35.5. The Bertz CT molecular complexity index is 518. The Morgan fingerprint density at radius 1 is 1.00 bits per heavy atom. The molecule has 3 nitrogen and oxygen atoms in total. The molecule has 1 N–H and O–H groups in total. The van der Waals surface area contributed by atoms with Crippen molar-refractivity contribution in [2.45, 2.75) is 0 Å². The topological polar surface area (TPSA) is 41.6 Å². The number of hydrogen-bond donors (Lipinski definition) is 1. The third kappa shape index (κ3) is 2.81. The van der Waals surface area contributed by atoms with Crippen molar-refractivity contribution < 1.29 is 0 Å². The first kappa shape index (κ1) is 10.6. The smallest absolute Gasteiger partial charge is 0.115 e. The summed E-state index contributed by atoms with van der Waals surface area (Å²) in [6.07, 6.45) is 6.46. The summed E-state index contributed by atoms with van der Waals surface area (Å²) in [5.41, 5.74) is 1.21. The normalized spacial score (nSPS) is 9.56. The van der Waals surface area contributed by atoms with Gasteiger partial charge in [0.2, 0.25) is 0 Å². The van der Waals surface area contributed by atoms with E-state index in [1.165, 1.54) is 29.6 Å². The molecule has 3 rings (SSSR count). The molecule has 1 aromatic carbocycles. The molecule has 0 aliphatic carbocycles. The highest BCUT2D eigenvalue weighted by Crippen LogP contribution is 2.09. The van der Waals surface area contributed by atoms with Gasteiger partial charge in [0.05, 0.1) is 5.02 Å². The highest BCUT2D eigenvalue weighted by molar-refractivity contribution is 6.30. The second-order valence-corrected chi connectivity index (χ2v) is 3.56. The van der Waals surface area contributed by atoms with Crippen LogP contribution >= 0.6 is 11.6 Å². The average molecular weight is 232 g/mol. The van der Waals surface area contributed by atoms with Gasteiger partial charge in [-0.05, 0) is 17.5 Å². The minimum Gasteiger partial charge on any atom is -0.361 e. The summed E-state index contributed by atoms with van der Waals surface area (Å²) in [7, 11) is 0. The molecule has 0 radical (unpaired) electrons. The van der Waals surface area contributed by atoms with Gasteiger partial charge in [0.25, 0.3) is 0 Å².